The van der Waals surface area contributed by atoms with Crippen molar-refractivity contribution >= 4 is 32.3 Å². The number of aryl methyl sites for hydroxylation is 1. The maximum Gasteiger partial charge on any atom is -0.00261 e. The standard InChI is InChI=1S/C36H32.C2H6/c1-5-24-14-16-25(17-15-24)34-30-12-8-9-13-31(30)35(26-18-20-29(21-19-26)36(2,3)4)33-23-28-11-7-6-10-27(28)22-32(33)34;1-2/h6-23H,5H2,1-4H3;1-2H3. The Morgan fingerprint density at radius 2 is 0.921 bits per heavy atom. The Hall–Kier alpha value is -3.90. The van der Waals surface area contributed by atoms with Crippen molar-refractivity contribution in [3.05, 3.63) is 120 Å². The topological polar surface area (TPSA) is 0 Å². The highest BCUT2D eigenvalue weighted by molar-refractivity contribution is 6.23. The number of fused-ring (bicyclic) bond motifs is 3. The van der Waals surface area contributed by atoms with E-state index >= 15 is 0 Å². The monoisotopic (exact) mass is 494 g/mol. The summed E-state index contributed by atoms with van der Waals surface area (Å²) < 4.78 is 0. The molecule has 0 aliphatic carbocycles. The molecule has 190 valence electrons. The van der Waals surface area contributed by atoms with Gasteiger partial charge >= 0.3 is 0 Å². The van der Waals surface area contributed by atoms with Crippen LogP contribution in [0.4, 0.5) is 0 Å². The normalized spacial score (nSPS) is 11.5. The van der Waals surface area contributed by atoms with E-state index in [1.165, 1.54) is 65.7 Å². The minimum atomic E-state index is 0.132. The van der Waals surface area contributed by atoms with Gasteiger partial charge in [-0.05, 0) is 89.7 Å². The molecule has 0 atom stereocenters. The van der Waals surface area contributed by atoms with E-state index in [1.807, 2.05) is 13.8 Å². The average Bonchev–Trinajstić information content (AvgIpc) is 2.95. The summed E-state index contributed by atoms with van der Waals surface area (Å²) in [6, 6.07) is 40.8. The van der Waals surface area contributed by atoms with Crippen molar-refractivity contribution in [1.82, 2.24) is 0 Å². The molecule has 0 radical (unpaired) electrons. The Bertz CT molecular complexity index is 1710. The van der Waals surface area contributed by atoms with Gasteiger partial charge in [0.25, 0.3) is 0 Å². The van der Waals surface area contributed by atoms with Gasteiger partial charge in [0.05, 0.1) is 0 Å². The Balaban J connectivity index is 0.00000144. The van der Waals surface area contributed by atoms with E-state index in [2.05, 4.69) is 137 Å². The van der Waals surface area contributed by atoms with Gasteiger partial charge in [-0.2, -0.15) is 0 Å². The Labute approximate surface area is 228 Å². The lowest BCUT2D eigenvalue weighted by molar-refractivity contribution is 0.590. The molecule has 0 saturated heterocycles. The second-order valence-corrected chi connectivity index (χ2v) is 10.9. The third-order valence-corrected chi connectivity index (χ3v) is 7.58. The lowest BCUT2D eigenvalue weighted by atomic mass is 9.83. The van der Waals surface area contributed by atoms with Crippen molar-refractivity contribution in [3.8, 4) is 22.3 Å². The van der Waals surface area contributed by atoms with Crippen LogP contribution in [-0.2, 0) is 11.8 Å². The van der Waals surface area contributed by atoms with E-state index in [1.54, 1.807) is 0 Å². The number of rotatable bonds is 3. The molecule has 6 aromatic carbocycles. The summed E-state index contributed by atoms with van der Waals surface area (Å²) in [5, 5.41) is 7.79. The van der Waals surface area contributed by atoms with Crippen LogP contribution in [0.25, 0.3) is 54.6 Å². The molecule has 0 heteroatoms. The molecular formula is C38H38. The number of hydrogen-bond donors (Lipinski definition) is 0. The lowest BCUT2D eigenvalue weighted by Crippen LogP contribution is -2.10. The molecular weight excluding hydrogens is 456 g/mol. The number of benzene rings is 6. The zero-order valence-corrected chi connectivity index (χ0v) is 23.6. The van der Waals surface area contributed by atoms with E-state index < -0.39 is 0 Å². The minimum Gasteiger partial charge on any atom is -0.0683 e. The van der Waals surface area contributed by atoms with E-state index in [-0.39, 0.29) is 5.41 Å². The molecule has 0 unspecified atom stereocenters. The summed E-state index contributed by atoms with van der Waals surface area (Å²) >= 11 is 0. The summed E-state index contributed by atoms with van der Waals surface area (Å²) in [7, 11) is 0. The van der Waals surface area contributed by atoms with Gasteiger partial charge in [0.1, 0.15) is 0 Å². The Morgan fingerprint density at radius 3 is 1.34 bits per heavy atom. The molecule has 0 bridgehead atoms. The van der Waals surface area contributed by atoms with E-state index in [0.29, 0.717) is 0 Å². The van der Waals surface area contributed by atoms with Gasteiger partial charge in [0, 0.05) is 0 Å². The molecule has 0 amide bonds. The average molecular weight is 495 g/mol. The van der Waals surface area contributed by atoms with Gasteiger partial charge in [-0.1, -0.05) is 139 Å². The highest BCUT2D eigenvalue weighted by Crippen LogP contribution is 2.45. The van der Waals surface area contributed by atoms with Crippen molar-refractivity contribution in [2.75, 3.05) is 0 Å². The van der Waals surface area contributed by atoms with Crippen LogP contribution in [0.1, 0.15) is 52.7 Å². The summed E-state index contributed by atoms with van der Waals surface area (Å²) in [5.74, 6) is 0. The molecule has 0 aromatic heterocycles. The summed E-state index contributed by atoms with van der Waals surface area (Å²) in [6.07, 6.45) is 1.05. The molecule has 38 heavy (non-hydrogen) atoms. The smallest absolute Gasteiger partial charge is 0.00261 e. The maximum absolute atomic E-state index is 2.40. The zero-order chi connectivity index (χ0) is 26.9. The minimum absolute atomic E-state index is 0.132. The third kappa shape index (κ3) is 4.61. The first kappa shape index (κ1) is 25.7. The summed E-state index contributed by atoms with van der Waals surface area (Å²) in [4.78, 5) is 0. The van der Waals surface area contributed by atoms with Crippen LogP contribution in [0.15, 0.2) is 109 Å². The molecule has 0 heterocycles. The van der Waals surface area contributed by atoms with Gasteiger partial charge < -0.3 is 0 Å². The van der Waals surface area contributed by atoms with E-state index in [9.17, 15) is 0 Å². The van der Waals surface area contributed by atoms with Gasteiger partial charge in [0.15, 0.2) is 0 Å². The first-order valence-electron chi connectivity index (χ1n) is 14.0. The van der Waals surface area contributed by atoms with Gasteiger partial charge in [-0.3, -0.25) is 0 Å². The van der Waals surface area contributed by atoms with Crippen LogP contribution in [0.3, 0.4) is 0 Å². The summed E-state index contributed by atoms with van der Waals surface area (Å²) in [6.45, 7) is 13.0. The van der Waals surface area contributed by atoms with Crippen molar-refractivity contribution < 1.29 is 0 Å². The van der Waals surface area contributed by atoms with Crippen LogP contribution in [0.2, 0.25) is 0 Å². The van der Waals surface area contributed by atoms with Gasteiger partial charge in [-0.25, -0.2) is 0 Å². The third-order valence-electron chi connectivity index (χ3n) is 7.58. The quantitative estimate of drug-likeness (QED) is 0.215. The highest BCUT2D eigenvalue weighted by Gasteiger charge is 2.19. The van der Waals surface area contributed by atoms with Gasteiger partial charge in [0.2, 0.25) is 0 Å². The molecule has 0 nitrogen and oxygen atoms in total. The molecule has 0 spiro atoms. The van der Waals surface area contributed by atoms with Crippen molar-refractivity contribution in [2.45, 2.75) is 53.4 Å². The zero-order valence-electron chi connectivity index (χ0n) is 23.6. The summed E-state index contributed by atoms with van der Waals surface area (Å²) in [5.41, 5.74) is 8.05. The largest absolute Gasteiger partial charge is 0.0683 e. The molecule has 6 rings (SSSR count). The molecule has 0 aliphatic rings. The van der Waals surface area contributed by atoms with Crippen LogP contribution < -0.4 is 0 Å². The predicted molar refractivity (Wildman–Crippen MR) is 169 cm³/mol. The maximum atomic E-state index is 2.40. The highest BCUT2D eigenvalue weighted by atomic mass is 14.2. The molecule has 6 aromatic rings. The fourth-order valence-corrected chi connectivity index (χ4v) is 5.53. The molecule has 0 saturated carbocycles. The fraction of sp³-hybridized carbons (Fsp3) is 0.211. The van der Waals surface area contributed by atoms with Crippen molar-refractivity contribution in [3.63, 3.8) is 0 Å². The van der Waals surface area contributed by atoms with Gasteiger partial charge in [-0.15, -0.1) is 0 Å². The first-order chi connectivity index (χ1) is 18.4. The molecule has 0 aliphatic heterocycles. The predicted octanol–water partition coefficient (Wildman–Crippen LogP) is 11.4. The Morgan fingerprint density at radius 1 is 0.500 bits per heavy atom. The molecule has 0 N–H and O–H groups in total. The van der Waals surface area contributed by atoms with Crippen LogP contribution in [0, 0.1) is 0 Å². The van der Waals surface area contributed by atoms with Crippen LogP contribution in [0.5, 0.6) is 0 Å². The fourth-order valence-electron chi connectivity index (χ4n) is 5.53. The SMILES string of the molecule is CC.CCc1ccc(-c2c3ccccc3c(-c3ccc(C(C)(C)C)cc3)c3cc4ccccc4cc23)cc1. The second kappa shape index (κ2) is 10.5. The van der Waals surface area contributed by atoms with Crippen LogP contribution >= 0.6 is 0 Å². The number of hydrogen-bond acceptors (Lipinski definition) is 0. The first-order valence-corrected chi connectivity index (χ1v) is 14.0. The Kier molecular flexibility index (Phi) is 7.09. The van der Waals surface area contributed by atoms with E-state index in [0.717, 1.165) is 6.42 Å². The lowest BCUT2D eigenvalue weighted by Gasteiger charge is -2.21. The van der Waals surface area contributed by atoms with Crippen molar-refractivity contribution in [1.29, 1.82) is 0 Å². The van der Waals surface area contributed by atoms with Crippen LogP contribution in [-0.4, -0.2) is 0 Å². The van der Waals surface area contributed by atoms with Crippen molar-refractivity contribution in [2.24, 2.45) is 0 Å². The van der Waals surface area contributed by atoms with E-state index in [4.69, 9.17) is 0 Å². The second-order valence-electron chi connectivity index (χ2n) is 10.9. The molecule has 0 fully saturated rings.